The normalized spacial score (nSPS) is 10.7. The van der Waals surface area contributed by atoms with Gasteiger partial charge in [-0.05, 0) is 23.9 Å². The summed E-state index contributed by atoms with van der Waals surface area (Å²) in [5.41, 5.74) is 1.18. The third kappa shape index (κ3) is 4.04. The van der Waals surface area contributed by atoms with Crippen LogP contribution in [0.5, 0.6) is 0 Å². The molecule has 0 aliphatic heterocycles. The molecule has 2 aromatic heterocycles. The fraction of sp³-hybridized carbons (Fsp3) is 0.235. The van der Waals surface area contributed by atoms with E-state index in [0.29, 0.717) is 18.8 Å². The van der Waals surface area contributed by atoms with Crippen LogP contribution in [-0.2, 0) is 11.3 Å². The monoisotopic (exact) mass is 358 g/mol. The number of aromatic nitrogens is 3. The first-order valence-electron chi connectivity index (χ1n) is 7.68. The van der Waals surface area contributed by atoms with Crippen LogP contribution in [0.25, 0.3) is 10.7 Å². The molecule has 1 aromatic carbocycles. The molecule has 124 valence electrons. The molecule has 0 fully saturated rings. The van der Waals surface area contributed by atoms with Gasteiger partial charge in [-0.25, -0.2) is 0 Å². The van der Waals surface area contributed by atoms with Gasteiger partial charge in [-0.2, -0.15) is 0 Å². The van der Waals surface area contributed by atoms with Gasteiger partial charge in [-0.1, -0.05) is 48.2 Å². The highest BCUT2D eigenvalue weighted by Crippen LogP contribution is 2.28. The fourth-order valence-corrected chi connectivity index (χ4v) is 3.76. The van der Waals surface area contributed by atoms with E-state index < -0.39 is 0 Å². The zero-order valence-electron chi connectivity index (χ0n) is 13.3. The number of hydrogen-bond acceptors (Lipinski definition) is 5. The number of carbonyl (C=O) groups is 1. The molecule has 5 nitrogen and oxygen atoms in total. The number of nitrogens with one attached hydrogen (secondary N) is 1. The smallest absolute Gasteiger partial charge is 0.230 e. The van der Waals surface area contributed by atoms with Crippen LogP contribution < -0.4 is 5.32 Å². The Kier molecular flexibility index (Phi) is 5.66. The molecule has 0 bridgehead atoms. The molecule has 7 heteroatoms. The first-order chi connectivity index (χ1) is 11.8. The molecule has 3 rings (SSSR count). The zero-order chi connectivity index (χ0) is 16.8. The van der Waals surface area contributed by atoms with Gasteiger partial charge >= 0.3 is 0 Å². The summed E-state index contributed by atoms with van der Waals surface area (Å²) in [4.78, 5) is 12.8. The average Bonchev–Trinajstić information content (AvgIpc) is 3.24. The molecule has 2 heterocycles. The number of thiophene rings is 1. The first-order valence-corrected chi connectivity index (χ1v) is 9.55. The van der Waals surface area contributed by atoms with E-state index in [1.54, 1.807) is 11.3 Å². The molecule has 0 atom stereocenters. The molecule has 0 aliphatic rings. The number of amides is 1. The van der Waals surface area contributed by atoms with Crippen molar-refractivity contribution in [2.24, 2.45) is 0 Å². The quantitative estimate of drug-likeness (QED) is 0.659. The van der Waals surface area contributed by atoms with Gasteiger partial charge in [0, 0.05) is 6.54 Å². The van der Waals surface area contributed by atoms with Gasteiger partial charge in [0.15, 0.2) is 11.0 Å². The minimum Gasteiger partial charge on any atom is -0.356 e. The molecular weight excluding hydrogens is 340 g/mol. The second-order valence-corrected chi connectivity index (χ2v) is 6.99. The highest BCUT2D eigenvalue weighted by molar-refractivity contribution is 7.99. The van der Waals surface area contributed by atoms with Gasteiger partial charge in [0.25, 0.3) is 0 Å². The van der Waals surface area contributed by atoms with Crippen molar-refractivity contribution in [3.8, 4) is 10.7 Å². The molecule has 24 heavy (non-hydrogen) atoms. The van der Waals surface area contributed by atoms with Crippen LogP contribution in [0.15, 0.2) is 53.0 Å². The van der Waals surface area contributed by atoms with E-state index in [9.17, 15) is 4.79 Å². The zero-order valence-corrected chi connectivity index (χ0v) is 14.9. The van der Waals surface area contributed by atoms with Gasteiger partial charge in [-0.3, -0.25) is 9.36 Å². The first kappa shape index (κ1) is 16.7. The largest absolute Gasteiger partial charge is 0.356 e. The lowest BCUT2D eigenvalue weighted by Crippen LogP contribution is -2.24. The number of thioether (sulfide) groups is 1. The standard InChI is InChI=1S/C17H18N4OS2/c1-2-18-15(22)12-24-17-20-19-16(14-9-6-10-23-14)21(17)11-13-7-4-3-5-8-13/h3-10H,2,11-12H2,1H3,(H,18,22). The van der Waals surface area contributed by atoms with E-state index >= 15 is 0 Å². The van der Waals surface area contributed by atoms with E-state index in [-0.39, 0.29) is 5.91 Å². The third-order valence-corrected chi connectivity index (χ3v) is 5.18. The number of hydrogen-bond donors (Lipinski definition) is 1. The van der Waals surface area contributed by atoms with Gasteiger partial charge in [0.1, 0.15) is 0 Å². The van der Waals surface area contributed by atoms with Crippen molar-refractivity contribution in [1.29, 1.82) is 0 Å². The number of nitrogens with zero attached hydrogens (tertiary/aromatic N) is 3. The molecule has 0 aliphatic carbocycles. The van der Waals surface area contributed by atoms with Gasteiger partial charge in [0.05, 0.1) is 17.2 Å². The predicted molar refractivity (Wildman–Crippen MR) is 98.3 cm³/mol. The summed E-state index contributed by atoms with van der Waals surface area (Å²) >= 11 is 3.05. The highest BCUT2D eigenvalue weighted by atomic mass is 32.2. The maximum Gasteiger partial charge on any atom is 0.230 e. The summed E-state index contributed by atoms with van der Waals surface area (Å²) in [6.45, 7) is 3.23. The van der Waals surface area contributed by atoms with Crippen molar-refractivity contribution < 1.29 is 4.79 Å². The summed E-state index contributed by atoms with van der Waals surface area (Å²) in [7, 11) is 0. The summed E-state index contributed by atoms with van der Waals surface area (Å²) in [6.07, 6.45) is 0. The summed E-state index contributed by atoms with van der Waals surface area (Å²) in [6, 6.07) is 14.2. The lowest BCUT2D eigenvalue weighted by molar-refractivity contribution is -0.118. The maximum absolute atomic E-state index is 11.7. The van der Waals surface area contributed by atoms with Crippen LogP contribution in [0.1, 0.15) is 12.5 Å². The molecule has 1 amide bonds. The minimum absolute atomic E-state index is 0.00874. The predicted octanol–water partition coefficient (Wildman–Crippen LogP) is 3.28. The van der Waals surface area contributed by atoms with Crippen LogP contribution in [0.2, 0.25) is 0 Å². The van der Waals surface area contributed by atoms with E-state index in [2.05, 4.69) is 32.2 Å². The van der Waals surface area contributed by atoms with Crippen molar-refractivity contribution in [2.45, 2.75) is 18.6 Å². The molecule has 1 N–H and O–H groups in total. The molecule has 0 saturated carbocycles. The molecule has 3 aromatic rings. The van der Waals surface area contributed by atoms with Crippen molar-refractivity contribution in [3.63, 3.8) is 0 Å². The van der Waals surface area contributed by atoms with Gasteiger partial charge in [-0.15, -0.1) is 21.5 Å². The Morgan fingerprint density at radius 3 is 2.75 bits per heavy atom. The molecular formula is C17H18N4OS2. The number of rotatable bonds is 7. The highest BCUT2D eigenvalue weighted by Gasteiger charge is 2.16. The van der Waals surface area contributed by atoms with Gasteiger partial charge in [0.2, 0.25) is 5.91 Å². The average molecular weight is 358 g/mol. The molecule has 0 radical (unpaired) electrons. The fourth-order valence-electron chi connectivity index (χ4n) is 2.27. The SMILES string of the molecule is CCNC(=O)CSc1nnc(-c2cccs2)n1Cc1ccccc1. The second-order valence-electron chi connectivity index (χ2n) is 5.10. The Morgan fingerprint density at radius 2 is 2.04 bits per heavy atom. The van der Waals surface area contributed by atoms with E-state index in [1.807, 2.05) is 42.6 Å². The summed E-state index contributed by atoms with van der Waals surface area (Å²) in [5, 5.41) is 14.2. The topological polar surface area (TPSA) is 59.8 Å². The van der Waals surface area contributed by atoms with E-state index in [1.165, 1.54) is 17.3 Å². The Balaban J connectivity index is 1.86. The Labute approximate surface area is 149 Å². The lowest BCUT2D eigenvalue weighted by atomic mass is 10.2. The maximum atomic E-state index is 11.7. The lowest BCUT2D eigenvalue weighted by Gasteiger charge is -2.09. The molecule has 0 unspecified atom stereocenters. The van der Waals surface area contributed by atoms with E-state index in [0.717, 1.165) is 15.9 Å². The molecule has 0 saturated heterocycles. The van der Waals surface area contributed by atoms with Crippen LogP contribution in [-0.4, -0.2) is 33.0 Å². The third-order valence-electron chi connectivity index (χ3n) is 3.35. The number of benzene rings is 1. The summed E-state index contributed by atoms with van der Waals surface area (Å²) in [5.74, 6) is 1.19. The van der Waals surface area contributed by atoms with Crippen LogP contribution in [0.4, 0.5) is 0 Å². The molecule has 0 spiro atoms. The Hall–Kier alpha value is -2.12. The minimum atomic E-state index is 0.00874. The second kappa shape index (κ2) is 8.12. The van der Waals surface area contributed by atoms with Crippen molar-refractivity contribution in [2.75, 3.05) is 12.3 Å². The van der Waals surface area contributed by atoms with Crippen molar-refractivity contribution >= 4 is 29.0 Å². The van der Waals surface area contributed by atoms with E-state index in [4.69, 9.17) is 0 Å². The summed E-state index contributed by atoms with van der Waals surface area (Å²) < 4.78 is 2.07. The van der Waals surface area contributed by atoms with Crippen molar-refractivity contribution in [1.82, 2.24) is 20.1 Å². The number of carbonyl (C=O) groups excluding carboxylic acids is 1. The van der Waals surface area contributed by atoms with Crippen LogP contribution in [0, 0.1) is 0 Å². The Bertz CT molecular complexity index is 784. The van der Waals surface area contributed by atoms with Crippen LogP contribution in [0.3, 0.4) is 0 Å². The van der Waals surface area contributed by atoms with Gasteiger partial charge < -0.3 is 5.32 Å². The van der Waals surface area contributed by atoms with Crippen LogP contribution >= 0.6 is 23.1 Å². The Morgan fingerprint density at radius 1 is 1.21 bits per heavy atom. The van der Waals surface area contributed by atoms with Crippen molar-refractivity contribution in [3.05, 3.63) is 53.4 Å².